The quantitative estimate of drug-likeness (QED) is 0.780. The second-order valence-corrected chi connectivity index (χ2v) is 4.04. The fraction of sp³-hybridized carbons (Fsp3) is 0.333. The van der Waals surface area contributed by atoms with Crippen molar-refractivity contribution in [2.45, 2.75) is 6.92 Å². The highest BCUT2D eigenvalue weighted by Gasteiger charge is 2.23. The first kappa shape index (κ1) is 11.6. The minimum atomic E-state index is -0.365. The van der Waals surface area contributed by atoms with Crippen LogP contribution >= 0.6 is 0 Å². The van der Waals surface area contributed by atoms with Crippen LogP contribution in [0.15, 0.2) is 18.2 Å². The molecule has 2 rings (SSSR count). The number of rotatable bonds is 1. The van der Waals surface area contributed by atoms with Crippen molar-refractivity contribution in [2.24, 2.45) is 0 Å². The zero-order valence-corrected chi connectivity index (χ0v) is 9.50. The summed E-state index contributed by atoms with van der Waals surface area (Å²) in [6, 6.07) is 4.03. The Labute approximate surface area is 98.4 Å². The lowest BCUT2D eigenvalue weighted by atomic mass is 10.1. The monoisotopic (exact) mass is 236 g/mol. The molecule has 0 aliphatic carbocycles. The summed E-state index contributed by atoms with van der Waals surface area (Å²) < 4.78 is 12.9. The summed E-state index contributed by atoms with van der Waals surface area (Å²) in [5, 5.41) is 2.65. The first-order valence-corrected chi connectivity index (χ1v) is 5.40. The maximum absolute atomic E-state index is 12.9. The molecule has 1 heterocycles. The van der Waals surface area contributed by atoms with Crippen molar-refractivity contribution >= 4 is 11.8 Å². The number of halogens is 1. The number of carbonyl (C=O) groups is 2. The second-order valence-electron chi connectivity index (χ2n) is 4.04. The molecule has 0 radical (unpaired) electrons. The van der Waals surface area contributed by atoms with Gasteiger partial charge in [-0.3, -0.25) is 9.59 Å². The molecule has 1 aromatic rings. The number of benzene rings is 1. The van der Waals surface area contributed by atoms with Gasteiger partial charge in [0, 0.05) is 18.7 Å². The van der Waals surface area contributed by atoms with Crippen LogP contribution in [0.4, 0.5) is 4.39 Å². The smallest absolute Gasteiger partial charge is 0.254 e. The average Bonchev–Trinajstić information content (AvgIpc) is 2.28. The van der Waals surface area contributed by atoms with Crippen LogP contribution in [0.1, 0.15) is 15.9 Å². The molecule has 0 unspecified atom stereocenters. The van der Waals surface area contributed by atoms with Crippen LogP contribution in [0.3, 0.4) is 0 Å². The third-order valence-corrected chi connectivity index (χ3v) is 2.74. The Balaban J connectivity index is 2.21. The molecule has 5 heteroatoms. The molecule has 1 aliphatic rings. The number of hydrogen-bond acceptors (Lipinski definition) is 2. The summed E-state index contributed by atoms with van der Waals surface area (Å²) in [6.07, 6.45) is 0. The second kappa shape index (κ2) is 4.53. The van der Waals surface area contributed by atoms with Gasteiger partial charge in [0.15, 0.2) is 0 Å². The SMILES string of the molecule is Cc1cc(F)ccc1C(=O)N1CCNC(=O)C1. The third kappa shape index (κ3) is 2.43. The Morgan fingerprint density at radius 2 is 2.24 bits per heavy atom. The third-order valence-electron chi connectivity index (χ3n) is 2.74. The maximum atomic E-state index is 12.9. The van der Waals surface area contributed by atoms with E-state index in [9.17, 15) is 14.0 Å². The fourth-order valence-electron chi connectivity index (χ4n) is 1.85. The number of piperazine rings is 1. The highest BCUT2D eigenvalue weighted by Crippen LogP contribution is 2.13. The Kier molecular flexibility index (Phi) is 3.08. The minimum absolute atomic E-state index is 0.0651. The molecule has 1 aromatic carbocycles. The lowest BCUT2D eigenvalue weighted by Crippen LogP contribution is -2.50. The molecule has 90 valence electrons. The zero-order valence-electron chi connectivity index (χ0n) is 9.50. The molecule has 0 spiro atoms. The molecule has 0 atom stereocenters. The zero-order chi connectivity index (χ0) is 12.4. The van der Waals surface area contributed by atoms with Gasteiger partial charge < -0.3 is 10.2 Å². The molecule has 0 saturated carbocycles. The van der Waals surface area contributed by atoms with Crippen molar-refractivity contribution in [3.05, 3.63) is 35.1 Å². The summed E-state index contributed by atoms with van der Waals surface area (Å²) in [7, 11) is 0. The molecule has 1 aliphatic heterocycles. The summed E-state index contributed by atoms with van der Waals surface area (Å²) >= 11 is 0. The van der Waals surface area contributed by atoms with Gasteiger partial charge in [0.25, 0.3) is 5.91 Å². The Hall–Kier alpha value is -1.91. The van der Waals surface area contributed by atoms with Crippen LogP contribution in [-0.4, -0.2) is 36.3 Å². The largest absolute Gasteiger partial charge is 0.353 e. The Morgan fingerprint density at radius 1 is 1.47 bits per heavy atom. The van der Waals surface area contributed by atoms with Crippen LogP contribution in [0.25, 0.3) is 0 Å². The van der Waals surface area contributed by atoms with Gasteiger partial charge in [0.2, 0.25) is 5.91 Å². The van der Waals surface area contributed by atoms with Gasteiger partial charge in [-0.15, -0.1) is 0 Å². The molecule has 1 N–H and O–H groups in total. The van der Waals surface area contributed by atoms with Crippen LogP contribution in [0.2, 0.25) is 0 Å². The molecular weight excluding hydrogens is 223 g/mol. The lowest BCUT2D eigenvalue weighted by Gasteiger charge is -2.27. The molecule has 2 amide bonds. The molecule has 0 bridgehead atoms. The number of carbonyl (C=O) groups excluding carboxylic acids is 2. The summed E-state index contributed by atoms with van der Waals surface area (Å²) in [5.74, 6) is -0.753. The van der Waals surface area contributed by atoms with E-state index in [4.69, 9.17) is 0 Å². The van der Waals surface area contributed by atoms with Crippen molar-refractivity contribution in [2.75, 3.05) is 19.6 Å². The van der Waals surface area contributed by atoms with E-state index in [1.165, 1.54) is 23.1 Å². The van der Waals surface area contributed by atoms with Gasteiger partial charge >= 0.3 is 0 Å². The Morgan fingerprint density at radius 3 is 2.88 bits per heavy atom. The van der Waals surface area contributed by atoms with Crippen molar-refractivity contribution in [3.8, 4) is 0 Å². The number of amides is 2. The summed E-state index contributed by atoms with van der Waals surface area (Å²) in [6.45, 7) is 2.70. The fourth-order valence-corrected chi connectivity index (χ4v) is 1.85. The summed E-state index contributed by atoms with van der Waals surface area (Å²) in [4.78, 5) is 24.8. The van der Waals surface area contributed by atoms with Crippen LogP contribution in [0.5, 0.6) is 0 Å². The van der Waals surface area contributed by atoms with Gasteiger partial charge in [-0.2, -0.15) is 0 Å². The number of nitrogens with one attached hydrogen (secondary N) is 1. The molecule has 17 heavy (non-hydrogen) atoms. The minimum Gasteiger partial charge on any atom is -0.353 e. The van der Waals surface area contributed by atoms with E-state index in [-0.39, 0.29) is 24.2 Å². The first-order valence-electron chi connectivity index (χ1n) is 5.40. The lowest BCUT2D eigenvalue weighted by molar-refractivity contribution is -0.123. The van der Waals surface area contributed by atoms with Crippen LogP contribution < -0.4 is 5.32 Å². The highest BCUT2D eigenvalue weighted by atomic mass is 19.1. The van der Waals surface area contributed by atoms with Gasteiger partial charge in [0.1, 0.15) is 5.82 Å². The van der Waals surface area contributed by atoms with Crippen molar-refractivity contribution in [1.29, 1.82) is 0 Å². The van der Waals surface area contributed by atoms with E-state index in [1.54, 1.807) is 6.92 Å². The van der Waals surface area contributed by atoms with Crippen LogP contribution in [-0.2, 0) is 4.79 Å². The van der Waals surface area contributed by atoms with E-state index in [2.05, 4.69) is 5.32 Å². The van der Waals surface area contributed by atoms with Crippen molar-refractivity contribution in [1.82, 2.24) is 10.2 Å². The van der Waals surface area contributed by atoms with Gasteiger partial charge in [-0.25, -0.2) is 4.39 Å². The van der Waals surface area contributed by atoms with Gasteiger partial charge in [-0.05, 0) is 30.7 Å². The highest BCUT2D eigenvalue weighted by molar-refractivity contribution is 5.98. The van der Waals surface area contributed by atoms with Gasteiger partial charge in [-0.1, -0.05) is 0 Å². The number of aryl methyl sites for hydroxylation is 1. The first-order chi connectivity index (χ1) is 8.08. The molecule has 4 nitrogen and oxygen atoms in total. The number of nitrogens with zero attached hydrogens (tertiary/aromatic N) is 1. The number of hydrogen-bond donors (Lipinski definition) is 1. The van der Waals surface area contributed by atoms with Crippen LogP contribution in [0, 0.1) is 12.7 Å². The van der Waals surface area contributed by atoms with Crippen molar-refractivity contribution in [3.63, 3.8) is 0 Å². The van der Waals surface area contributed by atoms with E-state index in [0.29, 0.717) is 24.2 Å². The molecule has 1 saturated heterocycles. The topological polar surface area (TPSA) is 49.4 Å². The van der Waals surface area contributed by atoms with E-state index < -0.39 is 0 Å². The van der Waals surface area contributed by atoms with E-state index in [0.717, 1.165) is 0 Å². The maximum Gasteiger partial charge on any atom is 0.254 e. The Bertz CT molecular complexity index is 474. The predicted octanol–water partition coefficient (Wildman–Crippen LogP) is 0.706. The van der Waals surface area contributed by atoms with Gasteiger partial charge in [0.05, 0.1) is 6.54 Å². The molecule has 0 aromatic heterocycles. The van der Waals surface area contributed by atoms with E-state index in [1.807, 2.05) is 0 Å². The summed E-state index contributed by atoms with van der Waals surface area (Å²) in [5.41, 5.74) is 1.03. The normalized spacial score (nSPS) is 15.6. The van der Waals surface area contributed by atoms with Crippen molar-refractivity contribution < 1.29 is 14.0 Å². The molecular formula is C12H13FN2O2. The standard InChI is InChI=1S/C12H13FN2O2/c1-8-6-9(13)2-3-10(8)12(17)15-5-4-14-11(16)7-15/h2-3,6H,4-5,7H2,1H3,(H,14,16). The molecule has 1 fully saturated rings. The predicted molar refractivity (Wildman–Crippen MR) is 60.1 cm³/mol. The van der Waals surface area contributed by atoms with E-state index >= 15 is 0 Å². The average molecular weight is 236 g/mol.